The van der Waals surface area contributed by atoms with Crippen molar-refractivity contribution in [1.29, 1.82) is 0 Å². The number of hydrogen-bond donors (Lipinski definition) is 1. The molecule has 0 spiro atoms. The monoisotopic (exact) mass is 378 g/mol. The van der Waals surface area contributed by atoms with Gasteiger partial charge in [-0.05, 0) is 29.8 Å². The van der Waals surface area contributed by atoms with Gasteiger partial charge in [-0.15, -0.1) is 0 Å². The second-order valence-corrected chi connectivity index (χ2v) is 6.51. The average molecular weight is 378 g/mol. The van der Waals surface area contributed by atoms with Gasteiger partial charge in [-0.2, -0.15) is 0 Å². The van der Waals surface area contributed by atoms with Gasteiger partial charge in [0.05, 0.1) is 13.7 Å². The van der Waals surface area contributed by atoms with E-state index in [9.17, 15) is 14.4 Å². The Morgan fingerprint density at radius 1 is 1.11 bits per heavy atom. The van der Waals surface area contributed by atoms with E-state index in [0.717, 1.165) is 10.9 Å². The van der Waals surface area contributed by atoms with E-state index < -0.39 is 0 Å². The Kier molecular flexibility index (Phi) is 4.57. The quantitative estimate of drug-likeness (QED) is 0.688. The molecular formula is C21H18N2O5. The highest BCUT2D eigenvalue weighted by Gasteiger charge is 2.28. The van der Waals surface area contributed by atoms with Crippen LogP contribution in [-0.4, -0.2) is 29.7 Å². The molecule has 0 aliphatic carbocycles. The van der Waals surface area contributed by atoms with Crippen molar-refractivity contribution < 1.29 is 23.5 Å². The Morgan fingerprint density at radius 2 is 1.82 bits per heavy atom. The zero-order valence-electron chi connectivity index (χ0n) is 15.2. The summed E-state index contributed by atoms with van der Waals surface area (Å²) in [7, 11) is 1.54. The summed E-state index contributed by atoms with van der Waals surface area (Å²) in [5, 5.41) is 3.55. The predicted molar refractivity (Wildman–Crippen MR) is 102 cm³/mol. The van der Waals surface area contributed by atoms with Crippen LogP contribution in [0.5, 0.6) is 5.75 Å². The highest BCUT2D eigenvalue weighted by molar-refractivity contribution is 6.05. The highest BCUT2D eigenvalue weighted by atomic mass is 16.5. The van der Waals surface area contributed by atoms with Crippen LogP contribution in [-0.2, 0) is 16.1 Å². The van der Waals surface area contributed by atoms with E-state index in [1.807, 2.05) is 12.1 Å². The molecule has 1 aliphatic heterocycles. The van der Waals surface area contributed by atoms with Gasteiger partial charge in [0.15, 0.2) is 17.1 Å². The van der Waals surface area contributed by atoms with Crippen molar-refractivity contribution in [2.45, 2.75) is 19.4 Å². The smallest absolute Gasteiger partial charge is 0.291 e. The van der Waals surface area contributed by atoms with Gasteiger partial charge in [0, 0.05) is 23.9 Å². The van der Waals surface area contributed by atoms with Crippen molar-refractivity contribution in [2.24, 2.45) is 0 Å². The topological polar surface area (TPSA) is 88.9 Å². The number of nitrogens with one attached hydrogen (secondary N) is 1. The average Bonchev–Trinajstić information content (AvgIpc) is 3.28. The molecule has 0 bridgehead atoms. The number of furan rings is 1. The zero-order valence-corrected chi connectivity index (χ0v) is 15.2. The molecule has 1 fully saturated rings. The van der Waals surface area contributed by atoms with Crippen LogP contribution < -0.4 is 10.1 Å². The van der Waals surface area contributed by atoms with Crippen LogP contribution in [0.25, 0.3) is 11.0 Å². The molecule has 1 aliphatic rings. The molecule has 3 aromatic rings. The van der Waals surface area contributed by atoms with Crippen molar-refractivity contribution in [3.63, 3.8) is 0 Å². The summed E-state index contributed by atoms with van der Waals surface area (Å²) in [5.41, 5.74) is 1.92. The van der Waals surface area contributed by atoms with Crippen molar-refractivity contribution in [1.82, 2.24) is 4.90 Å². The van der Waals surface area contributed by atoms with Crippen LogP contribution in [0, 0.1) is 0 Å². The third kappa shape index (κ3) is 3.34. The molecule has 1 aromatic heterocycles. The first-order valence-corrected chi connectivity index (χ1v) is 8.85. The number of hydrogen-bond acceptors (Lipinski definition) is 5. The highest BCUT2D eigenvalue weighted by Crippen LogP contribution is 2.28. The number of para-hydroxylation sites is 1. The number of nitrogens with zero attached hydrogens (tertiary/aromatic N) is 1. The van der Waals surface area contributed by atoms with Gasteiger partial charge < -0.3 is 14.5 Å². The molecule has 28 heavy (non-hydrogen) atoms. The number of likely N-dealkylation sites (tertiary alicyclic amines) is 1. The molecule has 142 valence electrons. The molecule has 2 aromatic carbocycles. The predicted octanol–water partition coefficient (Wildman–Crippen LogP) is 3.34. The summed E-state index contributed by atoms with van der Waals surface area (Å²) in [6, 6.07) is 14.1. The number of methoxy groups -OCH3 is 1. The zero-order chi connectivity index (χ0) is 19.7. The molecule has 1 saturated heterocycles. The number of carbonyl (C=O) groups excluding carboxylic acids is 3. The van der Waals surface area contributed by atoms with Gasteiger partial charge in [0.1, 0.15) is 0 Å². The minimum Gasteiger partial charge on any atom is -0.493 e. The normalized spacial score (nSPS) is 14.0. The van der Waals surface area contributed by atoms with Crippen LogP contribution in [0.2, 0.25) is 0 Å². The molecular weight excluding hydrogens is 360 g/mol. The molecule has 0 atom stereocenters. The van der Waals surface area contributed by atoms with Crippen LogP contribution >= 0.6 is 0 Å². The SMILES string of the molecule is COc1cccc2cc(C(=O)Nc3ccc(CN4C(=O)CCC4=O)cc3)oc12. The third-order valence-electron chi connectivity index (χ3n) is 4.66. The van der Waals surface area contributed by atoms with Crippen LogP contribution in [0.1, 0.15) is 29.0 Å². The minimum absolute atomic E-state index is 0.150. The van der Waals surface area contributed by atoms with Crippen molar-refractivity contribution in [3.8, 4) is 5.75 Å². The van der Waals surface area contributed by atoms with Crippen LogP contribution in [0.4, 0.5) is 5.69 Å². The molecule has 0 radical (unpaired) electrons. The molecule has 7 heteroatoms. The van der Waals surface area contributed by atoms with E-state index in [0.29, 0.717) is 17.0 Å². The lowest BCUT2D eigenvalue weighted by atomic mass is 10.2. The Morgan fingerprint density at radius 3 is 2.50 bits per heavy atom. The van der Waals surface area contributed by atoms with Gasteiger partial charge >= 0.3 is 0 Å². The van der Waals surface area contributed by atoms with E-state index in [-0.39, 0.29) is 42.9 Å². The first-order chi connectivity index (χ1) is 13.5. The van der Waals surface area contributed by atoms with Crippen LogP contribution in [0.3, 0.4) is 0 Å². The van der Waals surface area contributed by atoms with E-state index in [1.54, 1.807) is 43.5 Å². The fourth-order valence-corrected chi connectivity index (χ4v) is 3.18. The lowest BCUT2D eigenvalue weighted by Gasteiger charge is -2.14. The Bertz CT molecular complexity index is 1050. The van der Waals surface area contributed by atoms with Gasteiger partial charge in [0.2, 0.25) is 11.8 Å². The van der Waals surface area contributed by atoms with Crippen molar-refractivity contribution >= 4 is 34.4 Å². The van der Waals surface area contributed by atoms with Gasteiger partial charge in [-0.1, -0.05) is 24.3 Å². The van der Waals surface area contributed by atoms with Gasteiger partial charge in [-0.25, -0.2) is 0 Å². The van der Waals surface area contributed by atoms with Crippen LogP contribution in [0.15, 0.2) is 52.9 Å². The molecule has 1 N–H and O–H groups in total. The summed E-state index contributed by atoms with van der Waals surface area (Å²) in [6.45, 7) is 0.245. The fraction of sp³-hybridized carbons (Fsp3) is 0.190. The van der Waals surface area contributed by atoms with Gasteiger partial charge in [0.25, 0.3) is 5.91 Å². The fourth-order valence-electron chi connectivity index (χ4n) is 3.18. The summed E-state index contributed by atoms with van der Waals surface area (Å²) in [6.07, 6.45) is 0.546. The lowest BCUT2D eigenvalue weighted by molar-refractivity contribution is -0.139. The second kappa shape index (κ2) is 7.19. The Hall–Kier alpha value is -3.61. The first-order valence-electron chi connectivity index (χ1n) is 8.85. The molecule has 3 amide bonds. The van der Waals surface area contributed by atoms with Crippen molar-refractivity contribution in [3.05, 3.63) is 59.9 Å². The largest absolute Gasteiger partial charge is 0.493 e. The Balaban J connectivity index is 1.46. The molecule has 2 heterocycles. The molecule has 0 saturated carbocycles. The van der Waals surface area contributed by atoms with Gasteiger partial charge in [-0.3, -0.25) is 19.3 Å². The number of ether oxygens (including phenoxy) is 1. The number of benzene rings is 2. The summed E-state index contributed by atoms with van der Waals surface area (Å²) in [4.78, 5) is 37.2. The van der Waals surface area contributed by atoms with E-state index >= 15 is 0 Å². The number of amides is 3. The minimum atomic E-state index is -0.379. The first kappa shape index (κ1) is 17.8. The maximum absolute atomic E-state index is 12.5. The van der Waals surface area contributed by atoms with Crippen molar-refractivity contribution in [2.75, 3.05) is 12.4 Å². The molecule has 0 unspecified atom stereocenters. The Labute approximate surface area is 160 Å². The number of fused-ring (bicyclic) bond motifs is 1. The van der Waals surface area contributed by atoms with E-state index in [2.05, 4.69) is 5.32 Å². The number of imide groups is 1. The van der Waals surface area contributed by atoms with E-state index in [4.69, 9.17) is 9.15 Å². The summed E-state index contributed by atoms with van der Waals surface area (Å²) >= 11 is 0. The third-order valence-corrected chi connectivity index (χ3v) is 4.66. The maximum Gasteiger partial charge on any atom is 0.291 e. The number of rotatable bonds is 5. The molecule has 7 nitrogen and oxygen atoms in total. The number of carbonyl (C=O) groups is 3. The lowest BCUT2D eigenvalue weighted by Crippen LogP contribution is -2.28. The maximum atomic E-state index is 12.5. The van der Waals surface area contributed by atoms with E-state index in [1.165, 1.54) is 4.90 Å². The molecule has 4 rings (SSSR count). The second-order valence-electron chi connectivity index (χ2n) is 6.51. The summed E-state index contributed by atoms with van der Waals surface area (Å²) < 4.78 is 10.9. The summed E-state index contributed by atoms with van der Waals surface area (Å²) in [5.74, 6) is 0.0602. The standard InChI is InChI=1S/C21H18N2O5/c1-27-16-4-2-3-14-11-17(28-20(14)16)21(26)22-15-7-5-13(6-8-15)12-23-18(24)9-10-19(23)25/h2-8,11H,9-10,12H2,1H3,(H,22,26). The number of anilines is 1.